The molecule has 0 spiro atoms. The Kier molecular flexibility index (Phi) is 4.80. The van der Waals surface area contributed by atoms with Crippen LogP contribution in [0.4, 0.5) is 15.9 Å². The smallest absolute Gasteiger partial charge is 0.289 e. The Morgan fingerprint density at radius 3 is 2.76 bits per heavy atom. The van der Waals surface area contributed by atoms with Gasteiger partial charge in [-0.2, -0.15) is 0 Å². The summed E-state index contributed by atoms with van der Waals surface area (Å²) < 4.78 is 12.9. The maximum absolute atomic E-state index is 12.9. The molecule has 0 radical (unpaired) electrons. The first-order valence-corrected chi connectivity index (χ1v) is 7.91. The van der Waals surface area contributed by atoms with Crippen LogP contribution >= 0.6 is 11.6 Å². The number of aromatic nitrogens is 1. The van der Waals surface area contributed by atoms with E-state index in [0.29, 0.717) is 19.5 Å². The molecule has 7 nitrogen and oxygen atoms in total. The van der Waals surface area contributed by atoms with E-state index in [1.54, 1.807) is 17.0 Å². The van der Waals surface area contributed by atoms with Crippen molar-refractivity contribution >= 4 is 29.0 Å². The lowest BCUT2D eigenvalue weighted by Crippen LogP contribution is -2.33. The zero-order valence-corrected chi connectivity index (χ0v) is 13.7. The Balaban J connectivity index is 1.66. The van der Waals surface area contributed by atoms with Gasteiger partial charge in [0.05, 0.1) is 9.95 Å². The minimum Gasteiger partial charge on any atom is -0.357 e. The molecular weight excluding hydrogens is 351 g/mol. The van der Waals surface area contributed by atoms with E-state index in [0.717, 1.165) is 11.8 Å². The molecule has 0 aliphatic carbocycles. The van der Waals surface area contributed by atoms with Crippen molar-refractivity contribution in [2.75, 3.05) is 11.9 Å². The Labute approximate surface area is 147 Å². The summed E-state index contributed by atoms with van der Waals surface area (Å²) in [5.41, 5.74) is 0.619. The second kappa shape index (κ2) is 7.02. The molecule has 2 heterocycles. The number of carbonyl (C=O) groups excluding carboxylic acids is 1. The Morgan fingerprint density at radius 2 is 2.12 bits per heavy atom. The zero-order chi connectivity index (χ0) is 18.0. The Bertz CT molecular complexity index is 816. The first-order chi connectivity index (χ1) is 11.9. The number of hydrogen-bond donors (Lipinski definition) is 1. The molecule has 1 fully saturated rings. The number of carbonyl (C=O) groups is 1. The van der Waals surface area contributed by atoms with Crippen molar-refractivity contribution in [3.05, 3.63) is 63.0 Å². The molecule has 1 aromatic carbocycles. The SMILES string of the molecule is O=C1C(Nc2ncc([N+](=O)[O-])cc2Cl)CCN1Cc1ccc(F)cc1. The summed E-state index contributed by atoms with van der Waals surface area (Å²) in [7, 11) is 0. The largest absolute Gasteiger partial charge is 0.357 e. The van der Waals surface area contributed by atoms with Gasteiger partial charge in [0, 0.05) is 19.2 Å². The lowest BCUT2D eigenvalue weighted by molar-refractivity contribution is -0.385. The summed E-state index contributed by atoms with van der Waals surface area (Å²) in [4.78, 5) is 28.2. The van der Waals surface area contributed by atoms with Crippen LogP contribution in [-0.2, 0) is 11.3 Å². The monoisotopic (exact) mass is 364 g/mol. The van der Waals surface area contributed by atoms with Crippen LogP contribution < -0.4 is 5.32 Å². The topological polar surface area (TPSA) is 88.4 Å². The van der Waals surface area contributed by atoms with Gasteiger partial charge < -0.3 is 10.2 Å². The van der Waals surface area contributed by atoms with Crippen molar-refractivity contribution in [2.24, 2.45) is 0 Å². The van der Waals surface area contributed by atoms with Crippen LogP contribution in [0, 0.1) is 15.9 Å². The number of amides is 1. The third-order valence-corrected chi connectivity index (χ3v) is 4.22. The number of halogens is 2. The van der Waals surface area contributed by atoms with Crippen LogP contribution in [0.25, 0.3) is 0 Å². The third kappa shape index (κ3) is 3.85. The molecule has 1 aliphatic rings. The van der Waals surface area contributed by atoms with Crippen LogP contribution in [0.15, 0.2) is 36.5 Å². The first-order valence-electron chi connectivity index (χ1n) is 7.54. The predicted octanol–water partition coefficient (Wildman–Crippen LogP) is 3.00. The van der Waals surface area contributed by atoms with Crippen molar-refractivity contribution in [3.8, 4) is 0 Å². The van der Waals surface area contributed by atoms with Crippen molar-refractivity contribution in [2.45, 2.75) is 19.0 Å². The molecule has 3 rings (SSSR count). The minimum atomic E-state index is -0.589. The summed E-state index contributed by atoms with van der Waals surface area (Å²) >= 11 is 5.99. The van der Waals surface area contributed by atoms with E-state index in [1.165, 1.54) is 18.2 Å². The van der Waals surface area contributed by atoms with Crippen molar-refractivity contribution in [1.29, 1.82) is 0 Å². The molecule has 1 amide bonds. The number of nitrogens with one attached hydrogen (secondary N) is 1. The number of rotatable bonds is 5. The number of pyridine rings is 1. The predicted molar refractivity (Wildman–Crippen MR) is 89.7 cm³/mol. The highest BCUT2D eigenvalue weighted by atomic mass is 35.5. The fraction of sp³-hybridized carbons (Fsp3) is 0.250. The van der Waals surface area contributed by atoms with E-state index in [9.17, 15) is 19.3 Å². The number of hydrogen-bond acceptors (Lipinski definition) is 5. The minimum absolute atomic E-state index is 0.0824. The summed E-state index contributed by atoms with van der Waals surface area (Å²) in [6.07, 6.45) is 1.64. The van der Waals surface area contributed by atoms with E-state index in [1.807, 2.05) is 0 Å². The van der Waals surface area contributed by atoms with Gasteiger partial charge in [0.25, 0.3) is 5.69 Å². The second-order valence-electron chi connectivity index (χ2n) is 5.65. The Morgan fingerprint density at radius 1 is 1.40 bits per heavy atom. The van der Waals surface area contributed by atoms with E-state index >= 15 is 0 Å². The maximum Gasteiger partial charge on any atom is 0.289 e. The van der Waals surface area contributed by atoms with Crippen LogP contribution in [-0.4, -0.2) is 33.3 Å². The van der Waals surface area contributed by atoms with Crippen molar-refractivity contribution in [1.82, 2.24) is 9.88 Å². The second-order valence-corrected chi connectivity index (χ2v) is 6.06. The molecule has 1 saturated heterocycles. The Hall–Kier alpha value is -2.74. The number of likely N-dealkylation sites (tertiary alicyclic amines) is 1. The maximum atomic E-state index is 12.9. The fourth-order valence-electron chi connectivity index (χ4n) is 2.64. The van der Waals surface area contributed by atoms with Crippen LogP contribution in [0.3, 0.4) is 0 Å². The molecule has 25 heavy (non-hydrogen) atoms. The third-order valence-electron chi connectivity index (χ3n) is 3.93. The van der Waals surface area contributed by atoms with Gasteiger partial charge in [0.1, 0.15) is 23.9 Å². The van der Waals surface area contributed by atoms with Crippen LogP contribution in [0.2, 0.25) is 5.02 Å². The van der Waals surface area contributed by atoms with Crippen LogP contribution in [0.5, 0.6) is 0 Å². The molecule has 1 aromatic heterocycles. The lowest BCUT2D eigenvalue weighted by atomic mass is 10.2. The number of nitro groups is 1. The van der Waals surface area contributed by atoms with Gasteiger partial charge in [-0.15, -0.1) is 0 Å². The van der Waals surface area contributed by atoms with E-state index in [4.69, 9.17) is 11.6 Å². The van der Waals surface area contributed by atoms with Crippen LogP contribution in [0.1, 0.15) is 12.0 Å². The molecule has 9 heteroatoms. The van der Waals surface area contributed by atoms with E-state index < -0.39 is 11.0 Å². The highest BCUT2D eigenvalue weighted by Crippen LogP contribution is 2.26. The van der Waals surface area contributed by atoms with Gasteiger partial charge >= 0.3 is 0 Å². The van der Waals surface area contributed by atoms with Gasteiger partial charge in [0.15, 0.2) is 0 Å². The van der Waals surface area contributed by atoms with Crippen molar-refractivity contribution < 1.29 is 14.1 Å². The average molecular weight is 365 g/mol. The fourth-order valence-corrected chi connectivity index (χ4v) is 2.85. The number of nitrogens with zero attached hydrogens (tertiary/aromatic N) is 3. The van der Waals surface area contributed by atoms with Gasteiger partial charge in [-0.1, -0.05) is 23.7 Å². The van der Waals surface area contributed by atoms with Crippen molar-refractivity contribution in [3.63, 3.8) is 0 Å². The molecule has 2 aromatic rings. The first kappa shape index (κ1) is 17.1. The molecule has 0 bridgehead atoms. The summed E-state index contributed by atoms with van der Waals surface area (Å²) in [6, 6.07) is 6.66. The molecule has 0 saturated carbocycles. The van der Waals surface area contributed by atoms with Gasteiger partial charge in [-0.3, -0.25) is 14.9 Å². The highest BCUT2D eigenvalue weighted by Gasteiger charge is 2.32. The van der Waals surface area contributed by atoms with Gasteiger partial charge in [-0.05, 0) is 24.1 Å². The highest BCUT2D eigenvalue weighted by molar-refractivity contribution is 6.33. The van der Waals surface area contributed by atoms with Gasteiger partial charge in [-0.25, -0.2) is 9.37 Å². The summed E-state index contributed by atoms with van der Waals surface area (Å²) in [5.74, 6) is -0.218. The molecule has 1 atom stereocenters. The quantitative estimate of drug-likeness (QED) is 0.650. The van der Waals surface area contributed by atoms with Gasteiger partial charge in [0.2, 0.25) is 5.91 Å². The molecular formula is C16H14ClFN4O3. The molecule has 130 valence electrons. The zero-order valence-electron chi connectivity index (χ0n) is 13.0. The average Bonchev–Trinajstić information content (AvgIpc) is 2.92. The lowest BCUT2D eigenvalue weighted by Gasteiger charge is -2.17. The summed E-state index contributed by atoms with van der Waals surface area (Å²) in [6.45, 7) is 0.928. The normalized spacial score (nSPS) is 17.0. The molecule has 1 aliphatic heterocycles. The number of anilines is 1. The van der Waals surface area contributed by atoms with E-state index in [2.05, 4.69) is 10.3 Å². The molecule has 1 N–H and O–H groups in total. The summed E-state index contributed by atoms with van der Waals surface area (Å²) in [5, 5.41) is 13.7. The standard InChI is InChI=1S/C16H14ClFN4O3/c17-13-7-12(22(24)25)8-19-15(13)20-14-5-6-21(16(14)23)9-10-1-3-11(18)4-2-10/h1-4,7-8,14H,5-6,9H2,(H,19,20). The molecule has 1 unspecified atom stereocenters. The van der Waals surface area contributed by atoms with E-state index in [-0.39, 0.29) is 28.3 Å². The number of benzene rings is 1.